The van der Waals surface area contributed by atoms with E-state index in [2.05, 4.69) is 11.9 Å². The summed E-state index contributed by atoms with van der Waals surface area (Å²) in [7, 11) is -3.50. The Morgan fingerprint density at radius 1 is 0.927 bits per heavy atom. The minimum absolute atomic E-state index is 0.159. The number of carbonyl (C=O) groups excluding carboxylic acids is 2. The molecule has 0 aromatic heterocycles. The molecule has 1 aliphatic rings. The summed E-state index contributed by atoms with van der Waals surface area (Å²) < 4.78 is 27.3. The van der Waals surface area contributed by atoms with E-state index in [0.29, 0.717) is 37.5 Å². The number of sulfonamides is 1. The number of nitrogens with zero attached hydrogens (tertiary/aromatic N) is 2. The van der Waals surface area contributed by atoms with Gasteiger partial charge in [0.05, 0.1) is 4.90 Å². The Bertz CT molecular complexity index is 1420. The molecule has 3 aromatic rings. The highest BCUT2D eigenvalue weighted by Crippen LogP contribution is 2.22. The van der Waals surface area contributed by atoms with Gasteiger partial charge in [0.15, 0.2) is 0 Å². The number of rotatable bonds is 13. The zero-order valence-corrected chi connectivity index (χ0v) is 24.6. The number of amides is 2. The fourth-order valence-corrected chi connectivity index (χ4v) is 6.57. The van der Waals surface area contributed by atoms with Crippen LogP contribution in [-0.4, -0.2) is 55.1 Å². The second kappa shape index (κ2) is 14.4. The predicted octanol–water partition coefficient (Wildman–Crippen LogP) is 5.00. The van der Waals surface area contributed by atoms with Gasteiger partial charge in [0, 0.05) is 44.0 Å². The van der Waals surface area contributed by atoms with Crippen LogP contribution >= 0.6 is 11.6 Å². The molecule has 216 valence electrons. The molecule has 0 bridgehead atoms. The maximum atomic E-state index is 13.8. The Morgan fingerprint density at radius 2 is 1.56 bits per heavy atom. The minimum Gasteiger partial charge on any atom is -0.351 e. The van der Waals surface area contributed by atoms with Gasteiger partial charge in [-0.15, -0.1) is 6.58 Å². The third-order valence-electron chi connectivity index (χ3n) is 7.21. The normalized spacial score (nSPS) is 14.4. The Kier molecular flexibility index (Phi) is 10.7. The van der Waals surface area contributed by atoms with E-state index >= 15 is 0 Å². The lowest BCUT2D eigenvalue weighted by Crippen LogP contribution is -2.50. The van der Waals surface area contributed by atoms with Gasteiger partial charge < -0.3 is 10.2 Å². The number of hydrogen-bond donors (Lipinski definition) is 1. The molecule has 2 amide bonds. The molecule has 3 aromatic carbocycles. The Balaban J connectivity index is 1.54. The van der Waals surface area contributed by atoms with Crippen LogP contribution in [0.2, 0.25) is 5.02 Å². The van der Waals surface area contributed by atoms with Gasteiger partial charge in [-0.3, -0.25) is 9.59 Å². The van der Waals surface area contributed by atoms with Crippen molar-refractivity contribution in [2.24, 2.45) is 0 Å². The van der Waals surface area contributed by atoms with Crippen LogP contribution in [0.1, 0.15) is 36.0 Å². The van der Waals surface area contributed by atoms with E-state index in [1.807, 2.05) is 42.5 Å². The summed E-state index contributed by atoms with van der Waals surface area (Å²) in [6, 6.07) is 22.8. The van der Waals surface area contributed by atoms with E-state index in [1.54, 1.807) is 47.4 Å². The quantitative estimate of drug-likeness (QED) is 0.283. The molecule has 1 N–H and O–H groups in total. The fraction of sp³-hybridized carbons (Fsp3) is 0.312. The van der Waals surface area contributed by atoms with E-state index in [1.165, 1.54) is 4.31 Å². The highest BCUT2D eigenvalue weighted by molar-refractivity contribution is 7.89. The first kappa shape index (κ1) is 30.5. The van der Waals surface area contributed by atoms with Crippen molar-refractivity contribution in [2.75, 3.05) is 19.6 Å². The highest BCUT2D eigenvalue weighted by atomic mass is 35.5. The zero-order valence-electron chi connectivity index (χ0n) is 23.0. The Labute approximate surface area is 247 Å². The molecule has 1 aliphatic heterocycles. The molecule has 1 saturated heterocycles. The first-order chi connectivity index (χ1) is 19.8. The van der Waals surface area contributed by atoms with E-state index in [4.69, 9.17) is 11.6 Å². The molecular formula is C32H36ClN3O4S. The molecule has 41 heavy (non-hydrogen) atoms. The molecule has 0 aliphatic carbocycles. The standard InChI is InChI=1S/C32H36ClN3O4S/c1-2-20-34-32(38)30(23-26-8-4-3-5-9-26)36(24-27-10-15-28(33)16-11-27)31(37)19-14-25-12-17-29(18-13-25)41(39,40)35-21-6-7-22-35/h2-5,8-13,15-18,30H,1,6-7,14,19-24H2,(H,34,38)/t30-/m0/s1. The van der Waals surface area contributed by atoms with Crippen LogP contribution in [-0.2, 0) is 39.0 Å². The topological polar surface area (TPSA) is 86.8 Å². The van der Waals surface area contributed by atoms with Crippen LogP contribution in [0.25, 0.3) is 0 Å². The number of carbonyl (C=O) groups is 2. The molecule has 0 unspecified atom stereocenters. The summed E-state index contributed by atoms with van der Waals surface area (Å²) in [4.78, 5) is 29.1. The molecule has 1 atom stereocenters. The summed E-state index contributed by atoms with van der Waals surface area (Å²) in [5, 5.41) is 3.46. The smallest absolute Gasteiger partial charge is 0.243 e. The number of halogens is 1. The van der Waals surface area contributed by atoms with Gasteiger partial charge in [-0.05, 0) is 60.2 Å². The van der Waals surface area contributed by atoms with Gasteiger partial charge in [-0.2, -0.15) is 4.31 Å². The monoisotopic (exact) mass is 593 g/mol. The molecule has 7 nitrogen and oxygen atoms in total. The maximum Gasteiger partial charge on any atom is 0.243 e. The Morgan fingerprint density at radius 3 is 2.20 bits per heavy atom. The number of benzene rings is 3. The first-order valence-corrected chi connectivity index (χ1v) is 15.7. The minimum atomic E-state index is -3.50. The van der Waals surface area contributed by atoms with Crippen molar-refractivity contribution >= 4 is 33.4 Å². The van der Waals surface area contributed by atoms with Gasteiger partial charge in [-0.1, -0.05) is 72.3 Å². The molecule has 0 saturated carbocycles. The van der Waals surface area contributed by atoms with Crippen LogP contribution in [0, 0.1) is 0 Å². The summed E-state index contributed by atoms with van der Waals surface area (Å²) >= 11 is 6.09. The van der Waals surface area contributed by atoms with E-state index < -0.39 is 16.1 Å². The lowest BCUT2D eigenvalue weighted by atomic mass is 10.0. The van der Waals surface area contributed by atoms with Gasteiger partial charge in [0.25, 0.3) is 0 Å². The van der Waals surface area contributed by atoms with Crippen LogP contribution in [0.3, 0.4) is 0 Å². The van der Waals surface area contributed by atoms with Crippen LogP contribution < -0.4 is 5.32 Å². The summed E-state index contributed by atoms with van der Waals surface area (Å²) in [5.41, 5.74) is 2.64. The van der Waals surface area contributed by atoms with E-state index in [-0.39, 0.29) is 29.7 Å². The van der Waals surface area contributed by atoms with Crippen molar-refractivity contribution in [2.45, 2.75) is 49.6 Å². The molecule has 0 radical (unpaired) electrons. The van der Waals surface area contributed by atoms with Crippen LogP contribution in [0.4, 0.5) is 0 Å². The van der Waals surface area contributed by atoms with E-state index in [0.717, 1.165) is 29.5 Å². The maximum absolute atomic E-state index is 13.8. The summed E-state index contributed by atoms with van der Waals surface area (Å²) in [6.07, 6.45) is 4.28. The predicted molar refractivity (Wildman–Crippen MR) is 162 cm³/mol. The molecule has 1 fully saturated rings. The molecule has 4 rings (SSSR count). The second-order valence-electron chi connectivity index (χ2n) is 10.1. The summed E-state index contributed by atoms with van der Waals surface area (Å²) in [6.45, 7) is 5.32. The average molecular weight is 594 g/mol. The zero-order chi connectivity index (χ0) is 29.2. The van der Waals surface area contributed by atoms with Gasteiger partial charge in [0.2, 0.25) is 21.8 Å². The van der Waals surface area contributed by atoms with Gasteiger partial charge >= 0.3 is 0 Å². The van der Waals surface area contributed by atoms with Crippen molar-refractivity contribution in [3.05, 3.63) is 113 Å². The number of aryl methyl sites for hydroxylation is 1. The SMILES string of the molecule is C=CCNC(=O)[C@H](Cc1ccccc1)N(Cc1ccc(Cl)cc1)C(=O)CCc1ccc(S(=O)(=O)N2CCCC2)cc1. The lowest BCUT2D eigenvalue weighted by Gasteiger charge is -2.31. The van der Waals surface area contributed by atoms with E-state index in [9.17, 15) is 18.0 Å². The van der Waals surface area contributed by atoms with Crippen molar-refractivity contribution in [1.29, 1.82) is 0 Å². The largest absolute Gasteiger partial charge is 0.351 e. The molecule has 0 spiro atoms. The van der Waals surface area contributed by atoms with Gasteiger partial charge in [-0.25, -0.2) is 8.42 Å². The first-order valence-electron chi connectivity index (χ1n) is 13.8. The van der Waals surface area contributed by atoms with Crippen molar-refractivity contribution in [1.82, 2.24) is 14.5 Å². The fourth-order valence-electron chi connectivity index (χ4n) is 4.93. The average Bonchev–Trinajstić information content (AvgIpc) is 3.54. The van der Waals surface area contributed by atoms with Crippen LogP contribution in [0.5, 0.6) is 0 Å². The van der Waals surface area contributed by atoms with Crippen molar-refractivity contribution < 1.29 is 18.0 Å². The van der Waals surface area contributed by atoms with Crippen molar-refractivity contribution in [3.8, 4) is 0 Å². The number of nitrogens with one attached hydrogen (secondary N) is 1. The second-order valence-corrected chi connectivity index (χ2v) is 12.5. The Hall–Kier alpha value is -3.46. The third kappa shape index (κ3) is 8.28. The third-order valence-corrected chi connectivity index (χ3v) is 9.38. The van der Waals surface area contributed by atoms with Crippen LogP contribution in [0.15, 0.2) is 96.4 Å². The molecule has 1 heterocycles. The summed E-state index contributed by atoms with van der Waals surface area (Å²) in [5.74, 6) is -0.434. The highest BCUT2D eigenvalue weighted by Gasteiger charge is 2.30. The van der Waals surface area contributed by atoms with Crippen molar-refractivity contribution in [3.63, 3.8) is 0 Å². The van der Waals surface area contributed by atoms with Gasteiger partial charge in [0.1, 0.15) is 6.04 Å². The molecule has 9 heteroatoms. The lowest BCUT2D eigenvalue weighted by molar-refractivity contribution is -0.141. The number of hydrogen-bond acceptors (Lipinski definition) is 4. The molecular weight excluding hydrogens is 558 g/mol.